The average Bonchev–Trinajstić information content (AvgIpc) is 2.47. The second-order valence-electron chi connectivity index (χ2n) is 4.26. The van der Waals surface area contributed by atoms with E-state index < -0.39 is 0 Å². The number of hydrogen-bond acceptors (Lipinski definition) is 2. The lowest BCUT2D eigenvalue weighted by Gasteiger charge is -2.24. The van der Waals surface area contributed by atoms with E-state index in [1.807, 2.05) is 0 Å². The quantitative estimate of drug-likeness (QED) is 0.661. The summed E-state index contributed by atoms with van der Waals surface area (Å²) < 4.78 is 0. The van der Waals surface area contributed by atoms with Crippen molar-refractivity contribution >= 4 is 0 Å². The van der Waals surface area contributed by atoms with Gasteiger partial charge in [0.25, 0.3) is 0 Å². The van der Waals surface area contributed by atoms with E-state index in [9.17, 15) is 5.11 Å². The van der Waals surface area contributed by atoms with Gasteiger partial charge in [0.05, 0.1) is 6.61 Å². The summed E-state index contributed by atoms with van der Waals surface area (Å²) in [6.45, 7) is 7.20. The highest BCUT2D eigenvalue weighted by Gasteiger charge is 2.29. The van der Waals surface area contributed by atoms with Crippen molar-refractivity contribution in [3.8, 4) is 0 Å². The first kappa shape index (κ1) is 11.0. The highest BCUT2D eigenvalue weighted by molar-refractivity contribution is 4.83. The summed E-state index contributed by atoms with van der Waals surface area (Å²) in [7, 11) is 0. The van der Waals surface area contributed by atoms with Crippen molar-refractivity contribution < 1.29 is 5.11 Å². The summed E-state index contributed by atoms with van der Waals surface area (Å²) in [6, 6.07) is 0.442. The highest BCUT2D eigenvalue weighted by atomic mass is 16.3. The smallest absolute Gasteiger partial charge is 0.0589 e. The molecule has 13 heavy (non-hydrogen) atoms. The molecule has 1 heterocycles. The standard InChI is InChI=1S/C11H23NO/c1-3-4-5-7-12-8-6-10(2)11(12)9-13/h10-11,13H,3-9H2,1-2H3. The number of likely N-dealkylation sites (tertiary alicyclic amines) is 1. The predicted molar refractivity (Wildman–Crippen MR) is 55.8 cm³/mol. The van der Waals surface area contributed by atoms with Crippen molar-refractivity contribution in [3.63, 3.8) is 0 Å². The van der Waals surface area contributed by atoms with Crippen LogP contribution in [0, 0.1) is 5.92 Å². The lowest BCUT2D eigenvalue weighted by atomic mass is 10.0. The third-order valence-electron chi connectivity index (χ3n) is 3.23. The van der Waals surface area contributed by atoms with Crippen molar-refractivity contribution in [2.45, 2.75) is 45.6 Å². The molecule has 78 valence electrons. The fourth-order valence-electron chi connectivity index (χ4n) is 2.23. The minimum Gasteiger partial charge on any atom is -0.395 e. The van der Waals surface area contributed by atoms with E-state index in [1.165, 1.54) is 38.8 Å². The van der Waals surface area contributed by atoms with Crippen LogP contribution in [0.15, 0.2) is 0 Å². The second-order valence-corrected chi connectivity index (χ2v) is 4.26. The lowest BCUT2D eigenvalue weighted by molar-refractivity contribution is 0.138. The van der Waals surface area contributed by atoms with E-state index in [0.717, 1.165) is 0 Å². The molecule has 1 fully saturated rings. The normalized spacial score (nSPS) is 29.8. The SMILES string of the molecule is CCCCCN1CCC(C)C1CO. The van der Waals surface area contributed by atoms with Crippen LogP contribution in [-0.4, -0.2) is 35.7 Å². The average molecular weight is 185 g/mol. The largest absolute Gasteiger partial charge is 0.395 e. The summed E-state index contributed by atoms with van der Waals surface area (Å²) in [5.74, 6) is 0.687. The molecule has 0 spiro atoms. The molecule has 0 saturated carbocycles. The number of aliphatic hydroxyl groups is 1. The van der Waals surface area contributed by atoms with Gasteiger partial charge in [-0.15, -0.1) is 0 Å². The minimum atomic E-state index is 0.341. The Morgan fingerprint density at radius 1 is 1.38 bits per heavy atom. The number of nitrogens with zero attached hydrogens (tertiary/aromatic N) is 1. The lowest BCUT2D eigenvalue weighted by Crippen LogP contribution is -2.35. The molecule has 2 heteroatoms. The molecule has 0 bridgehead atoms. The van der Waals surface area contributed by atoms with Crippen LogP contribution in [0.3, 0.4) is 0 Å². The van der Waals surface area contributed by atoms with Crippen LogP contribution in [0.25, 0.3) is 0 Å². The second kappa shape index (κ2) is 5.61. The van der Waals surface area contributed by atoms with Crippen LogP contribution in [0.2, 0.25) is 0 Å². The van der Waals surface area contributed by atoms with Gasteiger partial charge in [0.1, 0.15) is 0 Å². The topological polar surface area (TPSA) is 23.5 Å². The van der Waals surface area contributed by atoms with Gasteiger partial charge >= 0.3 is 0 Å². The van der Waals surface area contributed by atoms with Crippen molar-refractivity contribution in [2.75, 3.05) is 19.7 Å². The van der Waals surface area contributed by atoms with Gasteiger partial charge in [0.2, 0.25) is 0 Å². The Bertz CT molecular complexity index is 138. The number of aliphatic hydroxyl groups excluding tert-OH is 1. The molecule has 1 aliphatic rings. The van der Waals surface area contributed by atoms with Crippen molar-refractivity contribution in [3.05, 3.63) is 0 Å². The summed E-state index contributed by atoms with van der Waals surface area (Å²) >= 11 is 0. The monoisotopic (exact) mass is 185 g/mol. The maximum atomic E-state index is 9.22. The molecule has 0 aromatic carbocycles. The molecule has 0 aromatic rings. The molecular weight excluding hydrogens is 162 g/mol. The van der Waals surface area contributed by atoms with E-state index in [1.54, 1.807) is 0 Å². The van der Waals surface area contributed by atoms with E-state index in [2.05, 4.69) is 18.7 Å². The molecule has 1 saturated heterocycles. The molecular formula is C11H23NO. The van der Waals surface area contributed by atoms with Gasteiger partial charge in [-0.05, 0) is 31.8 Å². The Kier molecular flexibility index (Phi) is 4.74. The first-order valence-corrected chi connectivity index (χ1v) is 5.64. The first-order valence-electron chi connectivity index (χ1n) is 5.64. The molecule has 0 amide bonds. The van der Waals surface area contributed by atoms with E-state index >= 15 is 0 Å². The van der Waals surface area contributed by atoms with Gasteiger partial charge in [-0.25, -0.2) is 0 Å². The van der Waals surface area contributed by atoms with Gasteiger partial charge in [-0.2, -0.15) is 0 Å². The van der Waals surface area contributed by atoms with Crippen molar-refractivity contribution in [1.29, 1.82) is 0 Å². The molecule has 2 nitrogen and oxygen atoms in total. The maximum Gasteiger partial charge on any atom is 0.0589 e. The summed E-state index contributed by atoms with van der Waals surface area (Å²) in [5, 5.41) is 9.22. The van der Waals surface area contributed by atoms with Crippen LogP contribution in [0.1, 0.15) is 39.5 Å². The molecule has 1 rings (SSSR count). The van der Waals surface area contributed by atoms with Gasteiger partial charge in [0.15, 0.2) is 0 Å². The molecule has 0 radical (unpaired) electrons. The fourth-order valence-corrected chi connectivity index (χ4v) is 2.23. The van der Waals surface area contributed by atoms with Crippen molar-refractivity contribution in [1.82, 2.24) is 4.90 Å². The number of hydrogen-bond donors (Lipinski definition) is 1. The molecule has 2 unspecified atom stereocenters. The Hall–Kier alpha value is -0.0800. The van der Waals surface area contributed by atoms with Crippen molar-refractivity contribution in [2.24, 2.45) is 5.92 Å². The predicted octanol–water partition coefficient (Wildman–Crippen LogP) is 1.88. The van der Waals surface area contributed by atoms with Gasteiger partial charge in [0, 0.05) is 6.04 Å². The van der Waals surface area contributed by atoms with E-state index in [4.69, 9.17) is 0 Å². The zero-order valence-corrected chi connectivity index (χ0v) is 9.00. The molecule has 2 atom stereocenters. The zero-order chi connectivity index (χ0) is 9.68. The van der Waals surface area contributed by atoms with E-state index in [0.29, 0.717) is 18.6 Å². The van der Waals surface area contributed by atoms with E-state index in [-0.39, 0.29) is 0 Å². The summed E-state index contributed by atoms with van der Waals surface area (Å²) in [6.07, 6.45) is 5.16. The zero-order valence-electron chi connectivity index (χ0n) is 9.00. The maximum absolute atomic E-state index is 9.22. The highest BCUT2D eigenvalue weighted by Crippen LogP contribution is 2.23. The molecule has 1 N–H and O–H groups in total. The third kappa shape index (κ3) is 2.96. The summed E-state index contributed by atoms with van der Waals surface area (Å²) in [5.41, 5.74) is 0. The van der Waals surface area contributed by atoms with Crippen LogP contribution in [0.4, 0.5) is 0 Å². The Morgan fingerprint density at radius 2 is 2.15 bits per heavy atom. The Morgan fingerprint density at radius 3 is 2.77 bits per heavy atom. The van der Waals surface area contributed by atoms with Crippen LogP contribution >= 0.6 is 0 Å². The minimum absolute atomic E-state index is 0.341. The molecule has 1 aliphatic heterocycles. The summed E-state index contributed by atoms with van der Waals surface area (Å²) in [4.78, 5) is 2.46. The third-order valence-corrected chi connectivity index (χ3v) is 3.23. The molecule has 0 aliphatic carbocycles. The molecule has 0 aromatic heterocycles. The Balaban J connectivity index is 2.24. The van der Waals surface area contributed by atoms with Crippen LogP contribution < -0.4 is 0 Å². The van der Waals surface area contributed by atoms with Gasteiger partial charge in [-0.1, -0.05) is 26.7 Å². The van der Waals surface area contributed by atoms with Crippen LogP contribution in [-0.2, 0) is 0 Å². The number of unbranched alkanes of at least 4 members (excludes halogenated alkanes) is 2. The first-order chi connectivity index (χ1) is 6.29. The van der Waals surface area contributed by atoms with Gasteiger partial charge in [-0.3, -0.25) is 4.90 Å². The van der Waals surface area contributed by atoms with Crippen LogP contribution in [0.5, 0.6) is 0 Å². The number of rotatable bonds is 5. The Labute approximate surface area is 81.9 Å². The van der Waals surface area contributed by atoms with Gasteiger partial charge < -0.3 is 5.11 Å². The fraction of sp³-hybridized carbons (Fsp3) is 1.00.